The number of benzene rings is 1. The van der Waals surface area contributed by atoms with E-state index in [0.29, 0.717) is 6.54 Å². The van der Waals surface area contributed by atoms with E-state index >= 15 is 0 Å². The molecule has 0 saturated carbocycles. The fourth-order valence-electron chi connectivity index (χ4n) is 1.72. The van der Waals surface area contributed by atoms with Crippen molar-refractivity contribution in [2.75, 3.05) is 13.1 Å². The van der Waals surface area contributed by atoms with Crippen LogP contribution in [0.5, 0.6) is 0 Å². The molecule has 2 nitrogen and oxygen atoms in total. The van der Waals surface area contributed by atoms with Crippen LogP contribution in [0.3, 0.4) is 0 Å². The van der Waals surface area contributed by atoms with Crippen molar-refractivity contribution in [2.24, 2.45) is 5.73 Å². The van der Waals surface area contributed by atoms with Gasteiger partial charge in [-0.1, -0.05) is 6.07 Å². The van der Waals surface area contributed by atoms with Crippen LogP contribution in [-0.2, 0) is 13.1 Å². The average Bonchev–Trinajstić information content (AvgIpc) is 2.12. The van der Waals surface area contributed by atoms with Gasteiger partial charge in [-0.05, 0) is 42.8 Å². The Balaban J connectivity index is 2.15. The van der Waals surface area contributed by atoms with Gasteiger partial charge < -0.3 is 5.73 Å². The Morgan fingerprint density at radius 3 is 2.64 bits per heavy atom. The summed E-state index contributed by atoms with van der Waals surface area (Å²) < 4.78 is 13.0. The Kier molecular flexibility index (Phi) is 2.79. The lowest BCUT2D eigenvalue weighted by Crippen LogP contribution is -2.36. The summed E-state index contributed by atoms with van der Waals surface area (Å²) in [6.45, 7) is 3.58. The molecule has 76 valence electrons. The van der Waals surface area contributed by atoms with Gasteiger partial charge in [-0.2, -0.15) is 0 Å². The fraction of sp³-hybridized carbons (Fsp3) is 0.455. The number of likely N-dealkylation sites (tertiary alicyclic amines) is 1. The molecule has 1 aliphatic rings. The molecule has 0 unspecified atom stereocenters. The van der Waals surface area contributed by atoms with Crippen LogP contribution in [0.25, 0.3) is 0 Å². The smallest absolute Gasteiger partial charge is 0.123 e. The monoisotopic (exact) mass is 194 g/mol. The molecule has 2 N–H and O–H groups in total. The van der Waals surface area contributed by atoms with E-state index in [2.05, 4.69) is 4.90 Å². The summed E-state index contributed by atoms with van der Waals surface area (Å²) >= 11 is 0. The van der Waals surface area contributed by atoms with Crippen LogP contribution in [0.4, 0.5) is 4.39 Å². The van der Waals surface area contributed by atoms with E-state index in [-0.39, 0.29) is 5.82 Å². The van der Waals surface area contributed by atoms with E-state index < -0.39 is 0 Å². The number of nitrogens with two attached hydrogens (primary N) is 1. The first-order valence-corrected chi connectivity index (χ1v) is 4.99. The lowest BCUT2D eigenvalue weighted by Gasteiger charge is -2.31. The minimum atomic E-state index is -0.169. The number of rotatable bonds is 3. The van der Waals surface area contributed by atoms with E-state index in [1.54, 1.807) is 12.1 Å². The first-order valence-electron chi connectivity index (χ1n) is 4.99. The van der Waals surface area contributed by atoms with Crippen LogP contribution >= 0.6 is 0 Å². The zero-order valence-electron chi connectivity index (χ0n) is 8.17. The largest absolute Gasteiger partial charge is 0.326 e. The van der Waals surface area contributed by atoms with Gasteiger partial charge in [0.15, 0.2) is 0 Å². The number of hydrogen-bond acceptors (Lipinski definition) is 2. The van der Waals surface area contributed by atoms with Crippen LogP contribution < -0.4 is 5.73 Å². The van der Waals surface area contributed by atoms with Crippen molar-refractivity contribution in [3.63, 3.8) is 0 Å². The molecule has 0 radical (unpaired) electrons. The minimum Gasteiger partial charge on any atom is -0.326 e. The average molecular weight is 194 g/mol. The van der Waals surface area contributed by atoms with Crippen LogP contribution in [0.1, 0.15) is 17.5 Å². The SMILES string of the molecule is NCc1ccc(F)cc1CN1CCC1. The highest BCUT2D eigenvalue weighted by atomic mass is 19.1. The Hall–Kier alpha value is -0.930. The van der Waals surface area contributed by atoms with Gasteiger partial charge in [0.1, 0.15) is 5.82 Å². The normalized spacial score (nSPS) is 16.7. The molecule has 1 fully saturated rings. The van der Waals surface area contributed by atoms with Gasteiger partial charge in [-0.25, -0.2) is 4.39 Å². The summed E-state index contributed by atoms with van der Waals surface area (Å²) in [5, 5.41) is 0. The molecule has 1 aliphatic heterocycles. The molecule has 14 heavy (non-hydrogen) atoms. The Morgan fingerprint density at radius 1 is 1.29 bits per heavy atom. The Morgan fingerprint density at radius 2 is 2.07 bits per heavy atom. The third-order valence-electron chi connectivity index (χ3n) is 2.73. The van der Waals surface area contributed by atoms with E-state index in [0.717, 1.165) is 30.8 Å². The molecule has 0 aromatic heterocycles. The topological polar surface area (TPSA) is 29.3 Å². The Labute approximate surface area is 83.5 Å². The van der Waals surface area contributed by atoms with Crippen molar-refractivity contribution in [1.82, 2.24) is 4.90 Å². The molecule has 0 aliphatic carbocycles. The maximum absolute atomic E-state index is 13.0. The molecule has 1 aromatic rings. The van der Waals surface area contributed by atoms with Crippen molar-refractivity contribution < 1.29 is 4.39 Å². The molecule has 0 spiro atoms. The first-order chi connectivity index (χ1) is 6.79. The van der Waals surface area contributed by atoms with E-state index in [9.17, 15) is 4.39 Å². The van der Waals surface area contributed by atoms with Crippen molar-refractivity contribution >= 4 is 0 Å². The van der Waals surface area contributed by atoms with Gasteiger partial charge >= 0.3 is 0 Å². The zero-order valence-corrected chi connectivity index (χ0v) is 8.17. The second kappa shape index (κ2) is 4.07. The van der Waals surface area contributed by atoms with Gasteiger partial charge in [-0.15, -0.1) is 0 Å². The third kappa shape index (κ3) is 1.94. The number of nitrogens with zero attached hydrogens (tertiary/aromatic N) is 1. The third-order valence-corrected chi connectivity index (χ3v) is 2.73. The van der Waals surface area contributed by atoms with Crippen molar-refractivity contribution in [2.45, 2.75) is 19.5 Å². The molecule has 0 bridgehead atoms. The zero-order chi connectivity index (χ0) is 9.97. The van der Waals surface area contributed by atoms with Gasteiger partial charge in [0.25, 0.3) is 0 Å². The lowest BCUT2D eigenvalue weighted by molar-refractivity contribution is 0.172. The maximum atomic E-state index is 13.0. The minimum absolute atomic E-state index is 0.169. The van der Waals surface area contributed by atoms with E-state index in [1.165, 1.54) is 12.5 Å². The van der Waals surface area contributed by atoms with E-state index in [4.69, 9.17) is 5.73 Å². The molecule has 1 heterocycles. The highest BCUT2D eigenvalue weighted by Gasteiger charge is 2.15. The number of hydrogen-bond donors (Lipinski definition) is 1. The van der Waals surface area contributed by atoms with Gasteiger partial charge in [0, 0.05) is 13.1 Å². The summed E-state index contributed by atoms with van der Waals surface area (Å²) in [6.07, 6.45) is 1.26. The van der Waals surface area contributed by atoms with Gasteiger partial charge in [0.05, 0.1) is 0 Å². The molecule has 1 aromatic carbocycles. The predicted molar refractivity (Wildman–Crippen MR) is 54.2 cm³/mol. The highest BCUT2D eigenvalue weighted by Crippen LogP contribution is 2.16. The van der Waals surface area contributed by atoms with Gasteiger partial charge in [-0.3, -0.25) is 4.90 Å². The van der Waals surface area contributed by atoms with Crippen LogP contribution in [0.15, 0.2) is 18.2 Å². The van der Waals surface area contributed by atoms with E-state index in [1.807, 2.05) is 0 Å². The Bertz CT molecular complexity index is 321. The first kappa shape index (κ1) is 9.62. The molecule has 2 rings (SSSR count). The van der Waals surface area contributed by atoms with Crippen LogP contribution in [0.2, 0.25) is 0 Å². The second-order valence-corrected chi connectivity index (χ2v) is 3.75. The highest BCUT2D eigenvalue weighted by molar-refractivity contribution is 5.27. The molecule has 0 amide bonds. The predicted octanol–water partition coefficient (Wildman–Crippen LogP) is 1.49. The standard InChI is InChI=1S/C11H15FN2/c12-11-3-2-9(7-13)10(6-11)8-14-4-1-5-14/h2-3,6H,1,4-5,7-8,13H2. The maximum Gasteiger partial charge on any atom is 0.123 e. The summed E-state index contributed by atoms with van der Waals surface area (Å²) in [4.78, 5) is 2.30. The molecule has 3 heteroatoms. The fourth-order valence-corrected chi connectivity index (χ4v) is 1.72. The summed E-state index contributed by atoms with van der Waals surface area (Å²) in [5.74, 6) is -0.169. The summed E-state index contributed by atoms with van der Waals surface area (Å²) in [5.41, 5.74) is 7.68. The second-order valence-electron chi connectivity index (χ2n) is 3.75. The quantitative estimate of drug-likeness (QED) is 0.790. The molecule has 1 saturated heterocycles. The van der Waals surface area contributed by atoms with Crippen molar-refractivity contribution in [3.05, 3.63) is 35.1 Å². The van der Waals surface area contributed by atoms with Crippen molar-refractivity contribution in [1.29, 1.82) is 0 Å². The van der Waals surface area contributed by atoms with Crippen LogP contribution in [-0.4, -0.2) is 18.0 Å². The summed E-state index contributed by atoms with van der Waals surface area (Å²) in [7, 11) is 0. The molecular weight excluding hydrogens is 179 g/mol. The summed E-state index contributed by atoms with van der Waals surface area (Å²) in [6, 6.07) is 4.85. The number of halogens is 1. The molecular formula is C11H15FN2. The lowest BCUT2D eigenvalue weighted by atomic mass is 10.1. The van der Waals surface area contributed by atoms with Crippen LogP contribution in [0, 0.1) is 5.82 Å². The van der Waals surface area contributed by atoms with Crippen molar-refractivity contribution in [3.8, 4) is 0 Å². The molecule has 0 atom stereocenters. The van der Waals surface area contributed by atoms with Gasteiger partial charge in [0.2, 0.25) is 0 Å².